The van der Waals surface area contributed by atoms with Gasteiger partial charge in [-0.05, 0) is 11.6 Å². The SMILES string of the molecule is CN(Cc1cccc(Cl)c1Cl)C(=O)c1cn[nH]n1. The Bertz CT molecular complexity index is 556. The summed E-state index contributed by atoms with van der Waals surface area (Å²) in [7, 11) is 1.66. The van der Waals surface area contributed by atoms with Gasteiger partial charge in [-0.2, -0.15) is 15.4 Å². The van der Waals surface area contributed by atoms with E-state index >= 15 is 0 Å². The molecule has 5 nitrogen and oxygen atoms in total. The predicted octanol–water partition coefficient (Wildman–Crippen LogP) is 2.38. The van der Waals surface area contributed by atoms with E-state index in [4.69, 9.17) is 23.2 Å². The highest BCUT2D eigenvalue weighted by Crippen LogP contribution is 2.26. The topological polar surface area (TPSA) is 61.9 Å². The standard InChI is InChI=1S/C11H10Cl2N4O/c1-17(11(18)9-5-14-16-15-9)6-7-3-2-4-8(12)10(7)13/h2-5H,6H2,1H3,(H,14,15,16). The Labute approximate surface area is 114 Å². The van der Waals surface area contributed by atoms with E-state index in [0.29, 0.717) is 16.6 Å². The number of rotatable bonds is 3. The molecule has 94 valence electrons. The Hall–Kier alpha value is -1.59. The molecule has 0 bridgehead atoms. The van der Waals surface area contributed by atoms with Gasteiger partial charge in [0.15, 0.2) is 5.69 Å². The summed E-state index contributed by atoms with van der Waals surface area (Å²) < 4.78 is 0. The highest BCUT2D eigenvalue weighted by molar-refractivity contribution is 6.42. The molecule has 1 heterocycles. The molecule has 0 aliphatic carbocycles. The van der Waals surface area contributed by atoms with Crippen LogP contribution in [0, 0.1) is 0 Å². The van der Waals surface area contributed by atoms with Gasteiger partial charge in [-0.1, -0.05) is 35.3 Å². The first kappa shape index (κ1) is 12.9. The maximum atomic E-state index is 11.9. The second-order valence-electron chi connectivity index (χ2n) is 3.73. The van der Waals surface area contributed by atoms with Gasteiger partial charge >= 0.3 is 0 Å². The van der Waals surface area contributed by atoms with Crippen LogP contribution in [0.4, 0.5) is 0 Å². The smallest absolute Gasteiger partial charge is 0.276 e. The van der Waals surface area contributed by atoms with E-state index in [9.17, 15) is 4.79 Å². The van der Waals surface area contributed by atoms with Gasteiger partial charge in [0.25, 0.3) is 5.91 Å². The Morgan fingerprint density at radius 3 is 2.89 bits per heavy atom. The van der Waals surface area contributed by atoms with E-state index in [0.717, 1.165) is 5.56 Å². The van der Waals surface area contributed by atoms with Gasteiger partial charge in [0.1, 0.15) is 0 Å². The first-order valence-corrected chi connectivity index (χ1v) is 5.89. The largest absolute Gasteiger partial charge is 0.336 e. The van der Waals surface area contributed by atoms with Crippen molar-refractivity contribution in [1.82, 2.24) is 20.3 Å². The van der Waals surface area contributed by atoms with E-state index in [2.05, 4.69) is 15.4 Å². The number of nitrogens with one attached hydrogen (secondary N) is 1. The van der Waals surface area contributed by atoms with Crippen LogP contribution < -0.4 is 0 Å². The van der Waals surface area contributed by atoms with E-state index < -0.39 is 0 Å². The van der Waals surface area contributed by atoms with Crippen LogP contribution in [0.25, 0.3) is 0 Å². The van der Waals surface area contributed by atoms with Crippen LogP contribution in [0.1, 0.15) is 16.1 Å². The van der Waals surface area contributed by atoms with E-state index in [1.165, 1.54) is 11.1 Å². The maximum absolute atomic E-state index is 11.9. The second-order valence-corrected chi connectivity index (χ2v) is 4.51. The summed E-state index contributed by atoms with van der Waals surface area (Å²) in [5.74, 6) is -0.236. The third kappa shape index (κ3) is 2.63. The lowest BCUT2D eigenvalue weighted by Gasteiger charge is -2.16. The number of H-pyrrole nitrogens is 1. The summed E-state index contributed by atoms with van der Waals surface area (Å²) in [4.78, 5) is 13.4. The van der Waals surface area contributed by atoms with Crippen molar-refractivity contribution in [2.24, 2.45) is 0 Å². The van der Waals surface area contributed by atoms with E-state index in [-0.39, 0.29) is 11.6 Å². The molecule has 0 radical (unpaired) electrons. The fourth-order valence-corrected chi connectivity index (χ4v) is 1.88. The Morgan fingerprint density at radius 1 is 1.44 bits per heavy atom. The summed E-state index contributed by atoms with van der Waals surface area (Å²) in [6.45, 7) is 0.352. The molecule has 1 aromatic carbocycles. The fourth-order valence-electron chi connectivity index (χ4n) is 1.50. The molecule has 0 aliphatic rings. The minimum Gasteiger partial charge on any atom is -0.336 e. The number of hydrogen-bond donors (Lipinski definition) is 1. The predicted molar refractivity (Wildman–Crippen MR) is 68.6 cm³/mol. The Balaban J connectivity index is 2.14. The lowest BCUT2D eigenvalue weighted by molar-refractivity contribution is 0.0779. The summed E-state index contributed by atoms with van der Waals surface area (Å²) in [6, 6.07) is 5.31. The zero-order chi connectivity index (χ0) is 13.1. The lowest BCUT2D eigenvalue weighted by Crippen LogP contribution is -2.26. The van der Waals surface area contributed by atoms with Gasteiger partial charge in [-0.15, -0.1) is 0 Å². The monoisotopic (exact) mass is 284 g/mol. The van der Waals surface area contributed by atoms with Gasteiger partial charge in [-0.25, -0.2) is 0 Å². The van der Waals surface area contributed by atoms with Crippen LogP contribution >= 0.6 is 23.2 Å². The molecule has 0 spiro atoms. The fraction of sp³-hybridized carbons (Fsp3) is 0.182. The molecule has 0 aliphatic heterocycles. The Morgan fingerprint density at radius 2 is 2.22 bits per heavy atom. The quantitative estimate of drug-likeness (QED) is 0.941. The van der Waals surface area contributed by atoms with Gasteiger partial charge in [0.05, 0.1) is 16.2 Å². The van der Waals surface area contributed by atoms with E-state index in [1.54, 1.807) is 19.2 Å². The van der Waals surface area contributed by atoms with Crippen molar-refractivity contribution in [3.05, 3.63) is 45.7 Å². The molecule has 1 N–H and O–H groups in total. The number of aromatic amines is 1. The molecule has 7 heteroatoms. The first-order chi connectivity index (χ1) is 8.59. The molecule has 0 atom stereocenters. The van der Waals surface area contributed by atoms with Crippen molar-refractivity contribution >= 4 is 29.1 Å². The normalized spacial score (nSPS) is 10.4. The third-order valence-electron chi connectivity index (χ3n) is 2.42. The van der Waals surface area contributed by atoms with Crippen LogP contribution in [0.3, 0.4) is 0 Å². The number of carbonyl (C=O) groups excluding carboxylic acids is 1. The average molecular weight is 285 g/mol. The number of halogens is 2. The summed E-state index contributed by atoms with van der Waals surface area (Å²) in [5.41, 5.74) is 1.04. The third-order valence-corrected chi connectivity index (χ3v) is 3.28. The minimum atomic E-state index is -0.236. The van der Waals surface area contributed by atoms with Crippen molar-refractivity contribution in [3.63, 3.8) is 0 Å². The zero-order valence-corrected chi connectivity index (χ0v) is 11.0. The van der Waals surface area contributed by atoms with Gasteiger partial charge in [0.2, 0.25) is 0 Å². The van der Waals surface area contributed by atoms with Crippen molar-refractivity contribution in [2.75, 3.05) is 7.05 Å². The van der Waals surface area contributed by atoms with Crippen LogP contribution in [0.2, 0.25) is 10.0 Å². The summed E-state index contributed by atoms with van der Waals surface area (Å²) >= 11 is 12.0. The van der Waals surface area contributed by atoms with Crippen molar-refractivity contribution in [3.8, 4) is 0 Å². The molecule has 1 amide bonds. The number of amides is 1. The van der Waals surface area contributed by atoms with Gasteiger partial charge < -0.3 is 4.90 Å². The van der Waals surface area contributed by atoms with E-state index in [1.807, 2.05) is 6.07 Å². The minimum absolute atomic E-state index is 0.236. The number of aromatic nitrogens is 3. The molecule has 0 saturated carbocycles. The van der Waals surface area contributed by atoms with Crippen molar-refractivity contribution in [2.45, 2.75) is 6.54 Å². The van der Waals surface area contributed by atoms with Crippen LogP contribution in [0.15, 0.2) is 24.4 Å². The van der Waals surface area contributed by atoms with Crippen LogP contribution in [0.5, 0.6) is 0 Å². The number of carbonyl (C=O) groups is 1. The number of benzene rings is 1. The van der Waals surface area contributed by atoms with Crippen LogP contribution in [-0.2, 0) is 6.54 Å². The maximum Gasteiger partial charge on any atom is 0.276 e. The second kappa shape index (κ2) is 5.37. The van der Waals surface area contributed by atoms with Crippen LogP contribution in [-0.4, -0.2) is 33.3 Å². The first-order valence-electron chi connectivity index (χ1n) is 5.13. The average Bonchev–Trinajstić information content (AvgIpc) is 2.87. The Kier molecular flexibility index (Phi) is 3.84. The van der Waals surface area contributed by atoms with Crippen molar-refractivity contribution in [1.29, 1.82) is 0 Å². The van der Waals surface area contributed by atoms with Gasteiger partial charge in [0, 0.05) is 13.6 Å². The summed E-state index contributed by atoms with van der Waals surface area (Å²) in [6.07, 6.45) is 1.37. The zero-order valence-electron chi connectivity index (χ0n) is 9.52. The highest BCUT2D eigenvalue weighted by Gasteiger charge is 2.16. The number of hydrogen-bond acceptors (Lipinski definition) is 3. The molecule has 0 unspecified atom stereocenters. The molecular formula is C11H10Cl2N4O. The molecule has 0 fully saturated rings. The molecular weight excluding hydrogens is 275 g/mol. The molecule has 2 aromatic rings. The molecule has 0 saturated heterocycles. The molecule has 1 aromatic heterocycles. The summed E-state index contributed by atoms with van der Waals surface area (Å²) in [5, 5.41) is 10.6. The lowest BCUT2D eigenvalue weighted by atomic mass is 10.2. The van der Waals surface area contributed by atoms with Gasteiger partial charge in [-0.3, -0.25) is 4.79 Å². The highest BCUT2D eigenvalue weighted by atomic mass is 35.5. The molecule has 18 heavy (non-hydrogen) atoms. The number of nitrogens with zero attached hydrogens (tertiary/aromatic N) is 3. The van der Waals surface area contributed by atoms with Crippen molar-refractivity contribution < 1.29 is 4.79 Å². The molecule has 2 rings (SSSR count).